The first-order chi connectivity index (χ1) is 6.66. The Hall–Kier alpha value is -0.750. The van der Waals surface area contributed by atoms with Gasteiger partial charge < -0.3 is 5.73 Å². The van der Waals surface area contributed by atoms with E-state index in [1.807, 2.05) is 18.2 Å². The van der Waals surface area contributed by atoms with Gasteiger partial charge in [-0.3, -0.25) is 0 Å². The molecule has 1 heterocycles. The van der Waals surface area contributed by atoms with Crippen molar-refractivity contribution in [2.45, 2.75) is 0 Å². The highest BCUT2D eigenvalue weighted by atomic mass is 127. The lowest BCUT2D eigenvalue weighted by molar-refractivity contribution is 0.876. The van der Waals surface area contributed by atoms with Gasteiger partial charge in [-0.15, -0.1) is 0 Å². The molecule has 0 fully saturated rings. The van der Waals surface area contributed by atoms with Crippen molar-refractivity contribution in [2.75, 3.05) is 5.73 Å². The van der Waals surface area contributed by atoms with E-state index in [0.29, 0.717) is 5.02 Å². The van der Waals surface area contributed by atoms with Crippen LogP contribution < -0.4 is 5.73 Å². The molecular formula is C9H7ClIN3. The molecule has 0 saturated heterocycles. The molecule has 0 spiro atoms. The molecule has 5 heteroatoms. The van der Waals surface area contributed by atoms with Crippen LogP contribution in [0.3, 0.4) is 0 Å². The molecule has 0 aliphatic carbocycles. The molecule has 3 nitrogen and oxygen atoms in total. The van der Waals surface area contributed by atoms with Gasteiger partial charge in [0, 0.05) is 15.5 Å². The summed E-state index contributed by atoms with van der Waals surface area (Å²) in [5.74, 6) is 0. The first-order valence-electron chi connectivity index (χ1n) is 3.92. The minimum absolute atomic E-state index is 0.623. The molecule has 0 bridgehead atoms. The summed E-state index contributed by atoms with van der Waals surface area (Å²) in [6, 6.07) is 5.65. The van der Waals surface area contributed by atoms with E-state index in [9.17, 15) is 0 Å². The van der Waals surface area contributed by atoms with Crippen LogP contribution in [0.5, 0.6) is 0 Å². The van der Waals surface area contributed by atoms with Crippen molar-refractivity contribution in [1.29, 1.82) is 0 Å². The Kier molecular flexibility index (Phi) is 2.64. The van der Waals surface area contributed by atoms with E-state index in [-0.39, 0.29) is 0 Å². The first kappa shape index (κ1) is 9.79. The topological polar surface area (TPSA) is 43.8 Å². The molecule has 0 amide bonds. The third kappa shape index (κ3) is 1.85. The summed E-state index contributed by atoms with van der Waals surface area (Å²) in [5, 5.41) is 4.74. The molecule has 0 aliphatic rings. The molecule has 2 rings (SSSR count). The molecule has 1 aromatic carbocycles. The molecule has 14 heavy (non-hydrogen) atoms. The number of nitrogen functional groups attached to an aromatic ring is 1. The summed E-state index contributed by atoms with van der Waals surface area (Å²) in [6.07, 6.45) is 3.36. The predicted molar refractivity (Wildman–Crippen MR) is 65.7 cm³/mol. The number of rotatable bonds is 1. The summed E-state index contributed by atoms with van der Waals surface area (Å²) in [6.45, 7) is 0. The van der Waals surface area contributed by atoms with Gasteiger partial charge in [0.15, 0.2) is 0 Å². The monoisotopic (exact) mass is 319 g/mol. The fraction of sp³-hybridized carbons (Fsp3) is 0. The van der Waals surface area contributed by atoms with Crippen LogP contribution in [0.25, 0.3) is 5.69 Å². The van der Waals surface area contributed by atoms with Crippen molar-refractivity contribution in [2.24, 2.45) is 0 Å². The number of hydrogen-bond donors (Lipinski definition) is 1. The second-order valence-corrected chi connectivity index (χ2v) is 4.41. The number of aromatic nitrogens is 2. The maximum absolute atomic E-state index is 5.78. The molecule has 72 valence electrons. The van der Waals surface area contributed by atoms with E-state index in [1.165, 1.54) is 0 Å². The van der Waals surface area contributed by atoms with Gasteiger partial charge in [-0.2, -0.15) is 5.10 Å². The highest BCUT2D eigenvalue weighted by Crippen LogP contribution is 2.20. The van der Waals surface area contributed by atoms with Crippen LogP contribution in [-0.2, 0) is 0 Å². The fourth-order valence-corrected chi connectivity index (χ4v) is 2.06. The van der Waals surface area contributed by atoms with Gasteiger partial charge in [-0.25, -0.2) is 4.68 Å². The van der Waals surface area contributed by atoms with E-state index in [0.717, 1.165) is 14.9 Å². The van der Waals surface area contributed by atoms with E-state index >= 15 is 0 Å². The predicted octanol–water partition coefficient (Wildman–Crippen LogP) is 2.71. The quantitative estimate of drug-likeness (QED) is 0.649. The second-order valence-electron chi connectivity index (χ2n) is 2.81. The lowest BCUT2D eigenvalue weighted by Crippen LogP contribution is -1.98. The Balaban J connectivity index is 2.52. The van der Waals surface area contributed by atoms with E-state index in [4.69, 9.17) is 17.3 Å². The largest absolute Gasteiger partial charge is 0.399 e. The third-order valence-corrected chi connectivity index (χ3v) is 2.83. The molecule has 0 unspecified atom stereocenters. The van der Waals surface area contributed by atoms with Crippen LogP contribution >= 0.6 is 34.2 Å². The van der Waals surface area contributed by atoms with Crippen LogP contribution in [0.4, 0.5) is 5.69 Å². The SMILES string of the molecule is Nc1ccc(-n2cc(Cl)cn2)c(I)c1. The van der Waals surface area contributed by atoms with Gasteiger partial charge in [-0.1, -0.05) is 11.6 Å². The molecule has 0 radical (unpaired) electrons. The maximum Gasteiger partial charge on any atom is 0.0790 e. The zero-order chi connectivity index (χ0) is 10.1. The average Bonchev–Trinajstić information content (AvgIpc) is 2.51. The number of hydrogen-bond acceptors (Lipinski definition) is 2. The van der Waals surface area contributed by atoms with Crippen molar-refractivity contribution >= 4 is 39.9 Å². The minimum atomic E-state index is 0.623. The van der Waals surface area contributed by atoms with Crippen LogP contribution in [0.2, 0.25) is 5.02 Å². The number of benzene rings is 1. The molecule has 0 saturated carbocycles. The van der Waals surface area contributed by atoms with Gasteiger partial charge >= 0.3 is 0 Å². The van der Waals surface area contributed by atoms with Gasteiger partial charge in [0.05, 0.1) is 16.9 Å². The lowest BCUT2D eigenvalue weighted by atomic mass is 10.3. The van der Waals surface area contributed by atoms with E-state index in [1.54, 1.807) is 17.1 Å². The standard InChI is InChI=1S/C9H7ClIN3/c10-6-4-13-14(5-6)9-2-1-7(12)3-8(9)11/h1-5H,12H2. The highest BCUT2D eigenvalue weighted by Gasteiger charge is 2.03. The summed E-state index contributed by atoms with van der Waals surface area (Å²) in [7, 11) is 0. The van der Waals surface area contributed by atoms with Crippen molar-refractivity contribution < 1.29 is 0 Å². The molecule has 0 aliphatic heterocycles. The Labute approximate surface area is 100 Å². The summed E-state index contributed by atoms with van der Waals surface area (Å²) in [5.41, 5.74) is 7.38. The number of nitrogens with zero attached hydrogens (tertiary/aromatic N) is 2. The summed E-state index contributed by atoms with van der Waals surface area (Å²) < 4.78 is 2.77. The van der Waals surface area contributed by atoms with Crippen molar-refractivity contribution in [3.05, 3.63) is 39.2 Å². The zero-order valence-electron chi connectivity index (χ0n) is 7.11. The number of halogens is 2. The molecule has 0 atom stereocenters. The van der Waals surface area contributed by atoms with Gasteiger partial charge in [0.1, 0.15) is 0 Å². The first-order valence-corrected chi connectivity index (χ1v) is 5.38. The Morgan fingerprint density at radius 3 is 2.79 bits per heavy atom. The third-order valence-electron chi connectivity index (χ3n) is 1.77. The van der Waals surface area contributed by atoms with E-state index in [2.05, 4.69) is 27.7 Å². The number of nitrogens with two attached hydrogens (primary N) is 1. The molecule has 1 aromatic heterocycles. The normalized spacial score (nSPS) is 10.4. The van der Waals surface area contributed by atoms with Crippen molar-refractivity contribution in [3.63, 3.8) is 0 Å². The molecule has 2 N–H and O–H groups in total. The fourth-order valence-electron chi connectivity index (χ4n) is 1.14. The maximum atomic E-state index is 5.78. The highest BCUT2D eigenvalue weighted by molar-refractivity contribution is 14.1. The average molecular weight is 320 g/mol. The lowest BCUT2D eigenvalue weighted by Gasteiger charge is -2.04. The molecule has 2 aromatic rings. The number of anilines is 1. The minimum Gasteiger partial charge on any atom is -0.399 e. The van der Waals surface area contributed by atoms with Crippen molar-refractivity contribution in [3.8, 4) is 5.69 Å². The van der Waals surface area contributed by atoms with Gasteiger partial charge in [0.2, 0.25) is 0 Å². The van der Waals surface area contributed by atoms with Crippen LogP contribution in [0, 0.1) is 3.57 Å². The van der Waals surface area contributed by atoms with E-state index < -0.39 is 0 Å². The summed E-state index contributed by atoms with van der Waals surface area (Å²) in [4.78, 5) is 0. The van der Waals surface area contributed by atoms with Crippen LogP contribution in [0.15, 0.2) is 30.6 Å². The smallest absolute Gasteiger partial charge is 0.0790 e. The Morgan fingerprint density at radius 1 is 1.43 bits per heavy atom. The van der Waals surface area contributed by atoms with Crippen LogP contribution in [-0.4, -0.2) is 9.78 Å². The van der Waals surface area contributed by atoms with Gasteiger partial charge in [0.25, 0.3) is 0 Å². The zero-order valence-corrected chi connectivity index (χ0v) is 10.0. The second kappa shape index (κ2) is 3.78. The van der Waals surface area contributed by atoms with Gasteiger partial charge in [-0.05, 0) is 40.8 Å². The Bertz CT molecular complexity index is 467. The summed E-state index contributed by atoms with van der Waals surface area (Å²) >= 11 is 8.00. The van der Waals surface area contributed by atoms with Crippen LogP contribution in [0.1, 0.15) is 0 Å². The van der Waals surface area contributed by atoms with Crippen molar-refractivity contribution in [1.82, 2.24) is 9.78 Å². The molecular weight excluding hydrogens is 312 g/mol. The Morgan fingerprint density at radius 2 is 2.21 bits per heavy atom.